The lowest BCUT2D eigenvalue weighted by atomic mass is 9.68. The number of hydrogen-bond acceptors (Lipinski definition) is 4. The summed E-state index contributed by atoms with van der Waals surface area (Å²) in [6.45, 7) is 6.57. The Morgan fingerprint density at radius 3 is 2.96 bits per heavy atom. The van der Waals surface area contributed by atoms with Crippen LogP contribution in [-0.4, -0.2) is 31.0 Å². The van der Waals surface area contributed by atoms with Gasteiger partial charge in [-0.1, -0.05) is 19.1 Å². The Bertz CT molecular complexity index is 798. The summed E-state index contributed by atoms with van der Waals surface area (Å²) in [6, 6.07) is 5.52. The van der Waals surface area contributed by atoms with Gasteiger partial charge in [0.1, 0.15) is 5.75 Å². The number of ketones is 1. The number of carbonyl (C=O) groups excluding carboxylic acids is 2. The maximum atomic E-state index is 12.4. The smallest absolute Gasteiger partial charge is 0.252 e. The first kappa shape index (κ1) is 19.4. The lowest BCUT2D eigenvalue weighted by Gasteiger charge is -2.41. The highest BCUT2D eigenvalue weighted by Crippen LogP contribution is 2.47. The first-order chi connectivity index (χ1) is 12.9. The van der Waals surface area contributed by atoms with Gasteiger partial charge in [-0.15, -0.1) is 6.58 Å². The van der Waals surface area contributed by atoms with Crippen LogP contribution in [0.15, 0.2) is 42.5 Å². The summed E-state index contributed by atoms with van der Waals surface area (Å²) in [5.74, 6) is 0.221. The zero-order valence-electron chi connectivity index (χ0n) is 16.0. The molecule has 1 saturated heterocycles. The predicted molar refractivity (Wildman–Crippen MR) is 104 cm³/mol. The van der Waals surface area contributed by atoms with Crippen molar-refractivity contribution in [3.05, 3.63) is 53.6 Å². The highest BCUT2D eigenvalue weighted by atomic mass is 16.5. The van der Waals surface area contributed by atoms with Crippen LogP contribution in [0.4, 0.5) is 0 Å². The number of ether oxygens (including phenoxy) is 2. The molecule has 144 valence electrons. The van der Waals surface area contributed by atoms with Crippen molar-refractivity contribution in [2.45, 2.75) is 38.2 Å². The second kappa shape index (κ2) is 7.69. The van der Waals surface area contributed by atoms with E-state index in [0.29, 0.717) is 30.8 Å². The second-order valence-corrected chi connectivity index (χ2v) is 7.49. The first-order valence-corrected chi connectivity index (χ1v) is 9.37. The SMILES string of the molecule is C=CC[C@H]1C[C@]2(C(C)Cc3ccc(OC)c(C(N)=O)c3)OCCC2=CC1=O. The van der Waals surface area contributed by atoms with Gasteiger partial charge >= 0.3 is 0 Å². The topological polar surface area (TPSA) is 78.6 Å². The molecule has 2 N–H and O–H groups in total. The van der Waals surface area contributed by atoms with Crippen LogP contribution in [0.1, 0.15) is 42.1 Å². The van der Waals surface area contributed by atoms with E-state index in [-0.39, 0.29) is 17.6 Å². The molecule has 0 saturated carbocycles. The summed E-state index contributed by atoms with van der Waals surface area (Å²) < 4.78 is 11.5. The van der Waals surface area contributed by atoms with E-state index in [9.17, 15) is 9.59 Å². The zero-order valence-corrected chi connectivity index (χ0v) is 16.0. The molecule has 5 nitrogen and oxygen atoms in total. The fourth-order valence-corrected chi connectivity index (χ4v) is 4.44. The van der Waals surface area contributed by atoms with Crippen LogP contribution >= 0.6 is 0 Å². The van der Waals surface area contributed by atoms with E-state index in [1.165, 1.54) is 7.11 Å². The largest absolute Gasteiger partial charge is 0.496 e. The van der Waals surface area contributed by atoms with E-state index in [1.54, 1.807) is 24.3 Å². The van der Waals surface area contributed by atoms with Gasteiger partial charge in [0.2, 0.25) is 0 Å². The molecule has 5 heteroatoms. The Labute approximate surface area is 160 Å². The third kappa shape index (κ3) is 3.56. The first-order valence-electron chi connectivity index (χ1n) is 9.37. The molecule has 1 amide bonds. The summed E-state index contributed by atoms with van der Waals surface area (Å²) in [4.78, 5) is 24.1. The Kier molecular flexibility index (Phi) is 5.51. The summed E-state index contributed by atoms with van der Waals surface area (Å²) in [6.07, 6.45) is 6.46. The fraction of sp³-hybridized carbons (Fsp3) is 0.455. The molecular formula is C22H27NO4. The quantitative estimate of drug-likeness (QED) is 0.749. The molecule has 1 fully saturated rings. The number of carbonyl (C=O) groups is 2. The number of primary amides is 1. The third-order valence-corrected chi connectivity index (χ3v) is 5.86. The van der Waals surface area contributed by atoms with Gasteiger partial charge in [0.15, 0.2) is 5.78 Å². The summed E-state index contributed by atoms with van der Waals surface area (Å²) in [5, 5.41) is 0. The predicted octanol–water partition coefficient (Wildman–Crippen LogP) is 3.22. The van der Waals surface area contributed by atoms with Crippen LogP contribution in [0.5, 0.6) is 5.75 Å². The van der Waals surface area contributed by atoms with Crippen LogP contribution in [0, 0.1) is 11.8 Å². The van der Waals surface area contributed by atoms with Gasteiger partial charge in [0, 0.05) is 5.92 Å². The van der Waals surface area contributed by atoms with Crippen molar-refractivity contribution in [3.8, 4) is 5.75 Å². The molecule has 2 aliphatic rings. The Hall–Kier alpha value is -2.40. The molecule has 27 heavy (non-hydrogen) atoms. The van der Waals surface area contributed by atoms with Gasteiger partial charge in [-0.05, 0) is 60.9 Å². The third-order valence-electron chi connectivity index (χ3n) is 5.86. The van der Waals surface area contributed by atoms with E-state index in [2.05, 4.69) is 13.5 Å². The Morgan fingerprint density at radius 1 is 1.52 bits per heavy atom. The molecule has 3 rings (SSSR count). The van der Waals surface area contributed by atoms with Gasteiger partial charge in [0.25, 0.3) is 5.91 Å². The maximum absolute atomic E-state index is 12.4. The molecule has 0 aromatic heterocycles. The van der Waals surface area contributed by atoms with Crippen LogP contribution in [-0.2, 0) is 16.0 Å². The van der Waals surface area contributed by atoms with Crippen LogP contribution in [0.2, 0.25) is 0 Å². The standard InChI is InChI=1S/C22H27NO4/c1-4-5-16-13-22(17(8-9-27-22)12-19(16)24)14(2)10-15-6-7-20(26-3)18(11-15)21(23)25/h4,6-7,11-12,14,16H,1,5,8-10,13H2,2-3H3,(H2,23,25)/t14?,16-,22+/m0/s1. The van der Waals surface area contributed by atoms with Gasteiger partial charge in [0.05, 0.1) is 24.9 Å². The molecule has 1 aliphatic heterocycles. The fourth-order valence-electron chi connectivity index (χ4n) is 4.44. The van der Waals surface area contributed by atoms with E-state index < -0.39 is 11.5 Å². The molecule has 0 bridgehead atoms. The van der Waals surface area contributed by atoms with Gasteiger partial charge < -0.3 is 15.2 Å². The average Bonchev–Trinajstić information content (AvgIpc) is 3.06. The maximum Gasteiger partial charge on any atom is 0.252 e. The number of nitrogens with two attached hydrogens (primary N) is 1. The van der Waals surface area contributed by atoms with Crippen LogP contribution in [0.3, 0.4) is 0 Å². The summed E-state index contributed by atoms with van der Waals surface area (Å²) in [5.41, 5.74) is 7.54. The monoisotopic (exact) mass is 369 g/mol. The summed E-state index contributed by atoms with van der Waals surface area (Å²) in [7, 11) is 1.52. The minimum absolute atomic E-state index is 0.0798. The van der Waals surface area contributed by atoms with Crippen molar-refractivity contribution in [2.75, 3.05) is 13.7 Å². The molecule has 1 aromatic carbocycles. The van der Waals surface area contributed by atoms with Crippen molar-refractivity contribution in [1.29, 1.82) is 0 Å². The molecular weight excluding hydrogens is 342 g/mol. The van der Waals surface area contributed by atoms with Gasteiger partial charge in [-0.3, -0.25) is 9.59 Å². The van der Waals surface area contributed by atoms with Gasteiger partial charge in [-0.25, -0.2) is 0 Å². The number of methoxy groups -OCH3 is 1. The van der Waals surface area contributed by atoms with Crippen LogP contribution in [0.25, 0.3) is 0 Å². The molecule has 0 spiro atoms. The molecule has 0 radical (unpaired) electrons. The lowest BCUT2D eigenvalue weighted by Crippen LogP contribution is -2.44. The summed E-state index contributed by atoms with van der Waals surface area (Å²) >= 11 is 0. The zero-order chi connectivity index (χ0) is 19.6. The van der Waals surface area contributed by atoms with E-state index in [0.717, 1.165) is 24.0 Å². The average molecular weight is 369 g/mol. The normalized spacial score (nSPS) is 25.5. The minimum atomic E-state index is -0.508. The number of amides is 1. The number of allylic oxidation sites excluding steroid dienone is 2. The van der Waals surface area contributed by atoms with E-state index in [4.69, 9.17) is 15.2 Å². The highest BCUT2D eigenvalue weighted by Gasteiger charge is 2.49. The Balaban J connectivity index is 1.88. The van der Waals surface area contributed by atoms with Crippen molar-refractivity contribution >= 4 is 11.7 Å². The van der Waals surface area contributed by atoms with E-state index >= 15 is 0 Å². The van der Waals surface area contributed by atoms with Crippen LogP contribution < -0.4 is 10.5 Å². The molecule has 1 heterocycles. The minimum Gasteiger partial charge on any atom is -0.496 e. The van der Waals surface area contributed by atoms with Crippen molar-refractivity contribution in [1.82, 2.24) is 0 Å². The number of benzene rings is 1. The Morgan fingerprint density at radius 2 is 2.30 bits per heavy atom. The lowest BCUT2D eigenvalue weighted by molar-refractivity contribution is -0.123. The van der Waals surface area contributed by atoms with Crippen molar-refractivity contribution in [2.24, 2.45) is 17.6 Å². The number of fused-ring (bicyclic) bond motifs is 1. The molecule has 1 unspecified atom stereocenters. The number of hydrogen-bond donors (Lipinski definition) is 1. The van der Waals surface area contributed by atoms with E-state index in [1.807, 2.05) is 6.07 Å². The van der Waals surface area contributed by atoms with Crippen molar-refractivity contribution < 1.29 is 19.1 Å². The second-order valence-electron chi connectivity index (χ2n) is 7.49. The number of rotatable bonds is 7. The molecule has 3 atom stereocenters. The van der Waals surface area contributed by atoms with Gasteiger partial charge in [-0.2, -0.15) is 0 Å². The van der Waals surface area contributed by atoms with Crippen molar-refractivity contribution in [3.63, 3.8) is 0 Å². The highest BCUT2D eigenvalue weighted by molar-refractivity contribution is 5.96. The molecule has 1 aliphatic carbocycles. The molecule has 1 aromatic rings.